The summed E-state index contributed by atoms with van der Waals surface area (Å²) in [5.74, 6) is 2.85. The van der Waals surface area contributed by atoms with E-state index in [9.17, 15) is 0 Å². The summed E-state index contributed by atoms with van der Waals surface area (Å²) >= 11 is 0. The first kappa shape index (κ1) is 16.0. The van der Waals surface area contributed by atoms with Gasteiger partial charge in [-0.05, 0) is 27.9 Å². The lowest BCUT2D eigenvalue weighted by atomic mass is 10.2. The van der Waals surface area contributed by atoms with Gasteiger partial charge in [-0.1, -0.05) is 0 Å². The Balaban J connectivity index is 2.00. The molecule has 0 saturated carbocycles. The first-order valence-electron chi connectivity index (χ1n) is 7.66. The van der Waals surface area contributed by atoms with Crippen LogP contribution in [-0.2, 0) is 0 Å². The standard InChI is InChI=1S/C15H28N6/c1-12-14(16-3)17-13(2)18-15(12)21-10-8-20(9-11-21)7-6-19(4)5/h6-11H2,1-5H3,(H,16,17,18). The molecule has 6 heteroatoms. The molecule has 6 nitrogen and oxygen atoms in total. The van der Waals surface area contributed by atoms with Crippen LogP contribution in [-0.4, -0.2) is 80.2 Å². The fourth-order valence-corrected chi connectivity index (χ4v) is 2.69. The molecule has 0 unspecified atom stereocenters. The maximum Gasteiger partial charge on any atom is 0.137 e. The van der Waals surface area contributed by atoms with E-state index < -0.39 is 0 Å². The van der Waals surface area contributed by atoms with E-state index >= 15 is 0 Å². The average molecular weight is 292 g/mol. The predicted molar refractivity (Wildman–Crippen MR) is 88.3 cm³/mol. The number of hydrogen-bond acceptors (Lipinski definition) is 6. The second kappa shape index (κ2) is 7.04. The third kappa shape index (κ3) is 4.04. The van der Waals surface area contributed by atoms with E-state index in [1.54, 1.807) is 0 Å². The van der Waals surface area contributed by atoms with Crippen molar-refractivity contribution in [2.45, 2.75) is 13.8 Å². The van der Waals surface area contributed by atoms with Crippen LogP contribution < -0.4 is 10.2 Å². The van der Waals surface area contributed by atoms with Crippen LogP contribution in [0.5, 0.6) is 0 Å². The van der Waals surface area contributed by atoms with E-state index in [1.165, 1.54) is 0 Å². The van der Waals surface area contributed by atoms with E-state index in [-0.39, 0.29) is 0 Å². The summed E-state index contributed by atoms with van der Waals surface area (Å²) in [5.41, 5.74) is 1.14. The minimum atomic E-state index is 0.829. The number of aromatic nitrogens is 2. The zero-order chi connectivity index (χ0) is 15.4. The minimum Gasteiger partial charge on any atom is -0.373 e. The Kier molecular flexibility index (Phi) is 5.36. The molecule has 0 amide bonds. The zero-order valence-corrected chi connectivity index (χ0v) is 14.0. The fraction of sp³-hybridized carbons (Fsp3) is 0.733. The molecule has 1 fully saturated rings. The van der Waals surface area contributed by atoms with Gasteiger partial charge in [0.05, 0.1) is 0 Å². The molecule has 0 spiro atoms. The average Bonchev–Trinajstić information content (AvgIpc) is 2.47. The number of likely N-dealkylation sites (N-methyl/N-ethyl adjacent to an activating group) is 1. The van der Waals surface area contributed by atoms with Gasteiger partial charge in [-0.25, -0.2) is 9.97 Å². The van der Waals surface area contributed by atoms with Gasteiger partial charge in [0, 0.05) is 51.9 Å². The Labute approximate surface area is 128 Å². The molecule has 0 radical (unpaired) electrons. The topological polar surface area (TPSA) is 47.5 Å². The van der Waals surface area contributed by atoms with E-state index in [4.69, 9.17) is 0 Å². The summed E-state index contributed by atoms with van der Waals surface area (Å²) in [7, 11) is 6.17. The highest BCUT2D eigenvalue weighted by atomic mass is 15.3. The van der Waals surface area contributed by atoms with E-state index in [0.717, 1.165) is 62.3 Å². The Morgan fingerprint density at radius 1 is 1.10 bits per heavy atom. The van der Waals surface area contributed by atoms with E-state index in [2.05, 4.69) is 51.0 Å². The molecule has 1 aromatic heterocycles. The summed E-state index contributed by atoms with van der Waals surface area (Å²) in [6, 6.07) is 0. The molecule has 0 atom stereocenters. The number of piperazine rings is 1. The molecule has 2 heterocycles. The van der Waals surface area contributed by atoms with Crippen molar-refractivity contribution in [3.8, 4) is 0 Å². The lowest BCUT2D eigenvalue weighted by Gasteiger charge is -2.36. The molecule has 1 N–H and O–H groups in total. The predicted octanol–water partition coefficient (Wildman–Crippen LogP) is 0.819. The van der Waals surface area contributed by atoms with Crippen LogP contribution in [0, 0.1) is 13.8 Å². The van der Waals surface area contributed by atoms with Gasteiger partial charge in [-0.15, -0.1) is 0 Å². The van der Waals surface area contributed by atoms with Crippen molar-refractivity contribution in [3.63, 3.8) is 0 Å². The van der Waals surface area contributed by atoms with Crippen LogP contribution in [0.25, 0.3) is 0 Å². The highest BCUT2D eigenvalue weighted by Gasteiger charge is 2.21. The molecule has 2 rings (SSSR count). The molecule has 21 heavy (non-hydrogen) atoms. The van der Waals surface area contributed by atoms with Gasteiger partial charge < -0.3 is 15.1 Å². The normalized spacial score (nSPS) is 16.6. The van der Waals surface area contributed by atoms with Gasteiger partial charge in [0.25, 0.3) is 0 Å². The highest BCUT2D eigenvalue weighted by Crippen LogP contribution is 2.24. The monoisotopic (exact) mass is 292 g/mol. The third-order valence-corrected chi connectivity index (χ3v) is 4.00. The first-order valence-corrected chi connectivity index (χ1v) is 7.66. The maximum absolute atomic E-state index is 4.65. The van der Waals surface area contributed by atoms with E-state index in [1.807, 2.05) is 14.0 Å². The van der Waals surface area contributed by atoms with Crippen molar-refractivity contribution < 1.29 is 0 Å². The lowest BCUT2D eigenvalue weighted by molar-refractivity contribution is 0.229. The largest absolute Gasteiger partial charge is 0.373 e. The summed E-state index contributed by atoms with van der Waals surface area (Å²) in [6.45, 7) is 10.6. The molecule has 118 valence electrons. The van der Waals surface area contributed by atoms with Crippen molar-refractivity contribution in [1.82, 2.24) is 19.8 Å². The van der Waals surface area contributed by atoms with Gasteiger partial charge in [-0.2, -0.15) is 0 Å². The Hall–Kier alpha value is -1.40. The SMILES string of the molecule is CNc1nc(C)nc(N2CCN(CCN(C)C)CC2)c1C. The van der Waals surface area contributed by atoms with Crippen LogP contribution in [0.1, 0.15) is 11.4 Å². The fourth-order valence-electron chi connectivity index (χ4n) is 2.69. The number of nitrogens with zero attached hydrogens (tertiary/aromatic N) is 5. The smallest absolute Gasteiger partial charge is 0.137 e. The number of hydrogen-bond donors (Lipinski definition) is 1. The summed E-state index contributed by atoms with van der Waals surface area (Å²) in [5, 5.41) is 3.16. The third-order valence-electron chi connectivity index (χ3n) is 4.00. The molecule has 1 aromatic rings. The van der Waals surface area contributed by atoms with Crippen LogP contribution >= 0.6 is 0 Å². The van der Waals surface area contributed by atoms with Crippen molar-refractivity contribution in [3.05, 3.63) is 11.4 Å². The number of anilines is 2. The molecular weight excluding hydrogens is 264 g/mol. The van der Waals surface area contributed by atoms with Crippen LogP contribution in [0.3, 0.4) is 0 Å². The second-order valence-electron chi connectivity index (χ2n) is 5.95. The first-order chi connectivity index (χ1) is 10.0. The highest BCUT2D eigenvalue weighted by molar-refractivity contribution is 5.58. The molecule has 1 aliphatic heterocycles. The van der Waals surface area contributed by atoms with Crippen molar-refractivity contribution in [2.75, 3.05) is 70.6 Å². The molecule has 0 aliphatic carbocycles. The Bertz CT molecular complexity index is 465. The van der Waals surface area contributed by atoms with Gasteiger partial charge in [0.1, 0.15) is 17.5 Å². The van der Waals surface area contributed by atoms with Crippen LogP contribution in [0.4, 0.5) is 11.6 Å². The van der Waals surface area contributed by atoms with Crippen molar-refractivity contribution in [1.29, 1.82) is 0 Å². The minimum absolute atomic E-state index is 0.829. The lowest BCUT2D eigenvalue weighted by Crippen LogP contribution is -2.48. The molecule has 0 aromatic carbocycles. The second-order valence-corrected chi connectivity index (χ2v) is 5.95. The van der Waals surface area contributed by atoms with Gasteiger partial charge in [0.2, 0.25) is 0 Å². The van der Waals surface area contributed by atoms with Gasteiger partial charge in [-0.3, -0.25) is 4.90 Å². The number of rotatable bonds is 5. The molecule has 0 bridgehead atoms. The Morgan fingerprint density at radius 2 is 1.76 bits per heavy atom. The summed E-state index contributed by atoms with van der Waals surface area (Å²) in [6.07, 6.45) is 0. The number of aryl methyl sites for hydroxylation is 1. The maximum atomic E-state index is 4.65. The van der Waals surface area contributed by atoms with Crippen molar-refractivity contribution in [2.24, 2.45) is 0 Å². The number of nitrogens with one attached hydrogen (secondary N) is 1. The zero-order valence-electron chi connectivity index (χ0n) is 14.0. The van der Waals surface area contributed by atoms with Crippen molar-refractivity contribution >= 4 is 11.6 Å². The Morgan fingerprint density at radius 3 is 2.33 bits per heavy atom. The quantitative estimate of drug-likeness (QED) is 0.867. The summed E-state index contributed by atoms with van der Waals surface area (Å²) < 4.78 is 0. The summed E-state index contributed by atoms with van der Waals surface area (Å²) in [4.78, 5) is 16.3. The van der Waals surface area contributed by atoms with E-state index in [0.29, 0.717) is 0 Å². The molecular formula is C15H28N6. The van der Waals surface area contributed by atoms with Crippen LogP contribution in [0.2, 0.25) is 0 Å². The van der Waals surface area contributed by atoms with Gasteiger partial charge in [0.15, 0.2) is 0 Å². The molecule has 1 saturated heterocycles. The van der Waals surface area contributed by atoms with Gasteiger partial charge >= 0.3 is 0 Å². The molecule has 1 aliphatic rings. The van der Waals surface area contributed by atoms with Crippen LogP contribution in [0.15, 0.2) is 0 Å².